The van der Waals surface area contributed by atoms with Crippen molar-refractivity contribution in [3.05, 3.63) is 47.8 Å². The fraction of sp³-hybridized carbons (Fsp3) is 0.440. The summed E-state index contributed by atoms with van der Waals surface area (Å²) in [6.45, 7) is 5.47. The molecule has 0 spiro atoms. The highest BCUT2D eigenvalue weighted by atomic mass is 19.1. The Hall–Kier alpha value is -3.55. The van der Waals surface area contributed by atoms with Gasteiger partial charge in [-0.15, -0.1) is 0 Å². The first-order valence-electron chi connectivity index (χ1n) is 11.7. The summed E-state index contributed by atoms with van der Waals surface area (Å²) in [6.07, 6.45) is 2.49. The van der Waals surface area contributed by atoms with Gasteiger partial charge in [-0.2, -0.15) is 10.4 Å². The molecule has 0 aliphatic carbocycles. The SMILES string of the molecule is CC(C)(O)[C@H](F)CNC(=O)c1cnc(-c2ccc3cc(C#N)cnn23)cc1N[C@H]1CN2CCC1C2. The number of anilines is 1. The van der Waals surface area contributed by atoms with Crippen molar-refractivity contribution < 1.29 is 14.3 Å². The first kappa shape index (κ1) is 23.2. The maximum Gasteiger partial charge on any atom is 0.255 e. The number of aliphatic hydroxyl groups is 1. The number of halogens is 1. The number of nitrogens with one attached hydrogen (secondary N) is 2. The van der Waals surface area contributed by atoms with Crippen molar-refractivity contribution in [3.63, 3.8) is 0 Å². The number of piperidine rings is 1. The molecule has 2 bridgehead atoms. The van der Waals surface area contributed by atoms with Crippen LogP contribution in [0.5, 0.6) is 0 Å². The van der Waals surface area contributed by atoms with Gasteiger partial charge in [0.15, 0.2) is 0 Å². The van der Waals surface area contributed by atoms with Crippen LogP contribution in [0.15, 0.2) is 36.7 Å². The zero-order valence-corrected chi connectivity index (χ0v) is 19.7. The average molecular weight is 478 g/mol. The van der Waals surface area contributed by atoms with Crippen LogP contribution in [0, 0.1) is 17.2 Å². The summed E-state index contributed by atoms with van der Waals surface area (Å²) in [7, 11) is 0. The second-order valence-corrected chi connectivity index (χ2v) is 9.92. The summed E-state index contributed by atoms with van der Waals surface area (Å²) in [5.41, 5.74) is 1.95. The van der Waals surface area contributed by atoms with Crippen LogP contribution < -0.4 is 10.6 Å². The number of alkyl halides is 1. The van der Waals surface area contributed by atoms with Crippen molar-refractivity contribution in [3.8, 4) is 17.5 Å². The van der Waals surface area contributed by atoms with Crippen LogP contribution in [0.3, 0.4) is 0 Å². The van der Waals surface area contributed by atoms with Crippen LogP contribution in [0.25, 0.3) is 16.9 Å². The maximum atomic E-state index is 14.2. The summed E-state index contributed by atoms with van der Waals surface area (Å²) in [5.74, 6) is 0.0480. The van der Waals surface area contributed by atoms with E-state index in [2.05, 4.69) is 31.7 Å². The van der Waals surface area contributed by atoms with Crippen molar-refractivity contribution in [2.45, 2.75) is 38.1 Å². The van der Waals surface area contributed by atoms with E-state index in [1.807, 2.05) is 18.2 Å². The highest BCUT2D eigenvalue weighted by Crippen LogP contribution is 2.32. The predicted octanol–water partition coefficient (Wildman–Crippen LogP) is 2.22. The van der Waals surface area contributed by atoms with Gasteiger partial charge in [0.2, 0.25) is 0 Å². The molecule has 35 heavy (non-hydrogen) atoms. The van der Waals surface area contributed by atoms with Gasteiger partial charge < -0.3 is 20.6 Å². The summed E-state index contributed by atoms with van der Waals surface area (Å²) in [5, 5.41) is 29.5. The lowest BCUT2D eigenvalue weighted by atomic mass is 9.99. The summed E-state index contributed by atoms with van der Waals surface area (Å²) in [6, 6.07) is 9.59. The van der Waals surface area contributed by atoms with Gasteiger partial charge in [0.1, 0.15) is 12.2 Å². The molecule has 1 amide bonds. The molecule has 2 aliphatic heterocycles. The Morgan fingerprint density at radius 2 is 2.17 bits per heavy atom. The van der Waals surface area contributed by atoms with Crippen molar-refractivity contribution in [1.82, 2.24) is 24.8 Å². The Balaban J connectivity index is 1.46. The molecule has 182 valence electrons. The molecule has 0 saturated carbocycles. The number of hydrogen-bond acceptors (Lipinski definition) is 7. The fourth-order valence-electron chi connectivity index (χ4n) is 4.82. The van der Waals surface area contributed by atoms with Gasteiger partial charge in [-0.3, -0.25) is 9.78 Å². The van der Waals surface area contributed by atoms with Crippen molar-refractivity contribution in [1.29, 1.82) is 5.26 Å². The molecule has 0 radical (unpaired) electrons. The third-order valence-electron chi connectivity index (χ3n) is 6.92. The highest BCUT2D eigenvalue weighted by Gasteiger charge is 2.38. The van der Waals surface area contributed by atoms with E-state index in [-0.39, 0.29) is 12.6 Å². The summed E-state index contributed by atoms with van der Waals surface area (Å²) < 4.78 is 15.9. The summed E-state index contributed by atoms with van der Waals surface area (Å²) in [4.78, 5) is 19.9. The molecule has 10 heteroatoms. The van der Waals surface area contributed by atoms with E-state index >= 15 is 0 Å². The second kappa shape index (κ2) is 8.91. The minimum absolute atomic E-state index is 0.205. The lowest BCUT2D eigenvalue weighted by Crippen LogP contribution is -2.42. The molecule has 9 nitrogen and oxygen atoms in total. The van der Waals surface area contributed by atoms with Gasteiger partial charge in [-0.25, -0.2) is 8.91 Å². The molecule has 3 aromatic rings. The Morgan fingerprint density at radius 3 is 2.86 bits per heavy atom. The molecule has 3 N–H and O–H groups in total. The molecule has 2 fully saturated rings. The number of nitriles is 1. The minimum Gasteiger partial charge on any atom is -0.387 e. The lowest BCUT2D eigenvalue weighted by molar-refractivity contribution is -0.00177. The number of aromatic nitrogens is 3. The number of fused-ring (bicyclic) bond motifs is 3. The Bertz CT molecular complexity index is 1310. The first-order valence-corrected chi connectivity index (χ1v) is 11.7. The standard InChI is InChI=1S/C25H28FN7O2/c1-25(2,35)23(26)12-29-24(34)18-11-28-20(8-19(18)31-21-14-32-6-5-16(21)13-32)22-4-3-17-7-15(9-27)10-30-33(17)22/h3-4,7-8,10-11,16,21,23,35H,5-6,12-14H2,1-2H3,(H,28,31)(H,29,34)/t16?,21-,23+/m0/s1. The second-order valence-electron chi connectivity index (χ2n) is 9.92. The van der Waals surface area contributed by atoms with Crippen LogP contribution in [-0.4, -0.2) is 74.5 Å². The van der Waals surface area contributed by atoms with Crippen molar-refractivity contribution in [2.75, 3.05) is 31.5 Å². The van der Waals surface area contributed by atoms with Crippen LogP contribution in [-0.2, 0) is 0 Å². The zero-order valence-electron chi connectivity index (χ0n) is 19.7. The number of nitrogens with zero attached hydrogens (tertiary/aromatic N) is 5. The number of carbonyl (C=O) groups is 1. The van der Waals surface area contributed by atoms with Crippen molar-refractivity contribution >= 4 is 17.1 Å². The number of rotatable bonds is 7. The minimum atomic E-state index is -1.61. The topological polar surface area (TPSA) is 119 Å². The van der Waals surface area contributed by atoms with Crippen LogP contribution in [0.4, 0.5) is 10.1 Å². The molecular formula is C25H28FN7O2. The van der Waals surface area contributed by atoms with Gasteiger partial charge in [-0.1, -0.05) is 0 Å². The molecular weight excluding hydrogens is 449 g/mol. The maximum absolute atomic E-state index is 14.2. The van der Waals surface area contributed by atoms with E-state index in [1.54, 1.807) is 10.6 Å². The summed E-state index contributed by atoms with van der Waals surface area (Å²) >= 11 is 0. The van der Waals surface area contributed by atoms with E-state index in [1.165, 1.54) is 26.2 Å². The average Bonchev–Trinajstić information content (AvgIpc) is 3.57. The number of pyridine rings is 1. The predicted molar refractivity (Wildman–Crippen MR) is 129 cm³/mol. The van der Waals surface area contributed by atoms with E-state index in [4.69, 9.17) is 5.26 Å². The Kier molecular flexibility index (Phi) is 5.91. The highest BCUT2D eigenvalue weighted by molar-refractivity contribution is 6.00. The number of amides is 1. The molecule has 0 aromatic carbocycles. The third kappa shape index (κ3) is 4.57. The van der Waals surface area contributed by atoms with Crippen LogP contribution in [0.2, 0.25) is 0 Å². The molecule has 2 saturated heterocycles. The van der Waals surface area contributed by atoms with E-state index in [0.717, 1.165) is 37.3 Å². The smallest absolute Gasteiger partial charge is 0.255 e. The Morgan fingerprint density at radius 1 is 1.34 bits per heavy atom. The van der Waals surface area contributed by atoms with E-state index in [0.29, 0.717) is 28.4 Å². The van der Waals surface area contributed by atoms with Gasteiger partial charge in [-0.05, 0) is 57.0 Å². The first-order chi connectivity index (χ1) is 16.7. The molecule has 5 heterocycles. The number of carbonyl (C=O) groups excluding carboxylic acids is 1. The van der Waals surface area contributed by atoms with Gasteiger partial charge in [0, 0.05) is 25.3 Å². The van der Waals surface area contributed by atoms with Crippen LogP contribution >= 0.6 is 0 Å². The molecule has 2 aliphatic rings. The van der Waals surface area contributed by atoms with Gasteiger partial charge in [0.25, 0.3) is 5.91 Å². The third-order valence-corrected chi connectivity index (χ3v) is 6.92. The largest absolute Gasteiger partial charge is 0.387 e. The molecule has 4 atom stereocenters. The molecule has 5 rings (SSSR count). The number of hydrogen-bond donors (Lipinski definition) is 3. The quantitative estimate of drug-likeness (QED) is 0.477. The molecule has 3 aromatic heterocycles. The van der Waals surface area contributed by atoms with Crippen LogP contribution in [0.1, 0.15) is 36.2 Å². The lowest BCUT2D eigenvalue weighted by Gasteiger charge is -2.26. The van der Waals surface area contributed by atoms with Gasteiger partial charge >= 0.3 is 0 Å². The van der Waals surface area contributed by atoms with Gasteiger partial charge in [0.05, 0.1) is 52.1 Å². The molecule has 2 unspecified atom stereocenters. The van der Waals surface area contributed by atoms with E-state index < -0.39 is 17.7 Å². The zero-order chi connectivity index (χ0) is 24.7. The Labute approximate surface area is 202 Å². The fourth-order valence-corrected chi connectivity index (χ4v) is 4.82. The normalized spacial score (nSPS) is 22.2. The monoisotopic (exact) mass is 477 g/mol. The van der Waals surface area contributed by atoms with E-state index in [9.17, 15) is 14.3 Å². The van der Waals surface area contributed by atoms with Crippen molar-refractivity contribution in [2.24, 2.45) is 5.92 Å².